The number of hydrogen-bond acceptors (Lipinski definition) is 3. The molecule has 1 aromatic carbocycles. The molecule has 8 heteroatoms. The Hall–Kier alpha value is -2.64. The molecule has 1 heterocycles. The van der Waals surface area contributed by atoms with Gasteiger partial charge in [-0.2, -0.15) is 13.2 Å². The van der Waals surface area contributed by atoms with Crippen molar-refractivity contribution in [3.63, 3.8) is 0 Å². The Bertz CT molecular complexity index is 832. The van der Waals surface area contributed by atoms with Crippen LogP contribution in [0.15, 0.2) is 30.4 Å². The van der Waals surface area contributed by atoms with Crippen LogP contribution in [0, 0.1) is 23.7 Å². The highest BCUT2D eigenvalue weighted by Crippen LogP contribution is 2.54. The van der Waals surface area contributed by atoms with Crippen LogP contribution < -0.4 is 10.2 Å². The SMILES string of the molecule is CC(=O)Nc1ccc(C(F)(F)F)cc1N1C(=O)[C@@H]2[C@H](C1=O)[C@@H]1C=C[C@H]2C1. The average molecular weight is 364 g/mol. The molecule has 0 aromatic heterocycles. The number of benzene rings is 1. The summed E-state index contributed by atoms with van der Waals surface area (Å²) in [6.07, 6.45) is -0.101. The first kappa shape index (κ1) is 16.8. The van der Waals surface area contributed by atoms with Gasteiger partial charge in [0.2, 0.25) is 17.7 Å². The third-order valence-corrected chi connectivity index (χ3v) is 5.35. The number of fused-ring (bicyclic) bond motifs is 5. The monoisotopic (exact) mass is 364 g/mol. The van der Waals surface area contributed by atoms with Gasteiger partial charge in [-0.1, -0.05) is 12.2 Å². The molecule has 4 rings (SSSR count). The summed E-state index contributed by atoms with van der Waals surface area (Å²) in [5, 5.41) is 2.41. The van der Waals surface area contributed by atoms with Gasteiger partial charge in [0.25, 0.3) is 0 Å². The second kappa shape index (κ2) is 5.43. The summed E-state index contributed by atoms with van der Waals surface area (Å²) in [5.41, 5.74) is -1.20. The minimum atomic E-state index is -4.63. The molecular formula is C18H15F3N2O3. The lowest BCUT2D eigenvalue weighted by atomic mass is 9.85. The Morgan fingerprint density at radius 1 is 1.12 bits per heavy atom. The molecule has 136 valence electrons. The topological polar surface area (TPSA) is 66.5 Å². The molecule has 2 fully saturated rings. The summed E-state index contributed by atoms with van der Waals surface area (Å²) in [7, 11) is 0. The van der Waals surface area contributed by atoms with Crippen molar-refractivity contribution in [2.45, 2.75) is 19.5 Å². The number of halogens is 3. The molecule has 3 aliphatic rings. The van der Waals surface area contributed by atoms with E-state index in [4.69, 9.17) is 0 Å². The Labute approximate surface area is 146 Å². The van der Waals surface area contributed by atoms with Crippen LogP contribution in [-0.2, 0) is 20.6 Å². The number of allylic oxidation sites excluding steroid dienone is 2. The Morgan fingerprint density at radius 3 is 2.19 bits per heavy atom. The third-order valence-electron chi connectivity index (χ3n) is 5.35. The molecule has 1 aliphatic heterocycles. The lowest BCUT2D eigenvalue weighted by Gasteiger charge is -2.22. The normalized spacial score (nSPS) is 29.5. The highest BCUT2D eigenvalue weighted by atomic mass is 19.4. The lowest BCUT2D eigenvalue weighted by molar-refractivity contribution is -0.137. The quantitative estimate of drug-likeness (QED) is 0.648. The van der Waals surface area contributed by atoms with Gasteiger partial charge in [-0.05, 0) is 36.5 Å². The van der Waals surface area contributed by atoms with Crippen molar-refractivity contribution in [1.82, 2.24) is 0 Å². The van der Waals surface area contributed by atoms with Crippen molar-refractivity contribution >= 4 is 29.1 Å². The van der Waals surface area contributed by atoms with E-state index in [1.807, 2.05) is 12.2 Å². The van der Waals surface area contributed by atoms with Gasteiger partial charge in [-0.25, -0.2) is 4.90 Å². The van der Waals surface area contributed by atoms with Crippen molar-refractivity contribution in [3.8, 4) is 0 Å². The van der Waals surface area contributed by atoms with Gasteiger partial charge in [0.05, 0.1) is 28.8 Å². The number of carbonyl (C=O) groups is 3. The van der Waals surface area contributed by atoms with Crippen LogP contribution in [0.2, 0.25) is 0 Å². The first-order chi connectivity index (χ1) is 12.2. The minimum absolute atomic E-state index is 0.00693. The molecule has 2 aliphatic carbocycles. The van der Waals surface area contributed by atoms with Gasteiger partial charge in [0.1, 0.15) is 0 Å². The van der Waals surface area contributed by atoms with Crippen molar-refractivity contribution in [2.75, 3.05) is 10.2 Å². The van der Waals surface area contributed by atoms with Crippen LogP contribution in [0.25, 0.3) is 0 Å². The maximum atomic E-state index is 13.1. The van der Waals surface area contributed by atoms with E-state index in [0.29, 0.717) is 0 Å². The molecule has 1 saturated carbocycles. The fourth-order valence-corrected chi connectivity index (χ4v) is 4.33. The van der Waals surface area contributed by atoms with Gasteiger partial charge in [-0.3, -0.25) is 14.4 Å². The van der Waals surface area contributed by atoms with Crippen LogP contribution in [0.5, 0.6) is 0 Å². The minimum Gasteiger partial charge on any atom is -0.325 e. The van der Waals surface area contributed by atoms with Gasteiger partial charge in [0.15, 0.2) is 0 Å². The molecule has 1 N–H and O–H groups in total. The smallest absolute Gasteiger partial charge is 0.325 e. The zero-order valence-corrected chi connectivity index (χ0v) is 13.7. The highest BCUT2D eigenvalue weighted by Gasteiger charge is 2.60. The van der Waals surface area contributed by atoms with Gasteiger partial charge in [-0.15, -0.1) is 0 Å². The van der Waals surface area contributed by atoms with Crippen LogP contribution in [0.1, 0.15) is 18.9 Å². The fourth-order valence-electron chi connectivity index (χ4n) is 4.33. The summed E-state index contributed by atoms with van der Waals surface area (Å²) >= 11 is 0. The maximum Gasteiger partial charge on any atom is 0.416 e. The number of anilines is 2. The standard InChI is InChI=1S/C18H15F3N2O3/c1-8(24)22-12-5-4-11(18(19,20)21)7-13(12)23-16(25)14-9-2-3-10(6-9)15(14)17(23)26/h2-5,7,9-10,14-15H,6H2,1H3,(H,22,24)/t9-,10+,14-,15+. The summed E-state index contributed by atoms with van der Waals surface area (Å²) in [4.78, 5) is 38.0. The van der Waals surface area contributed by atoms with Crippen molar-refractivity contribution in [3.05, 3.63) is 35.9 Å². The zero-order valence-electron chi connectivity index (χ0n) is 13.7. The van der Waals surface area contributed by atoms with E-state index in [1.165, 1.54) is 6.92 Å². The lowest BCUT2D eigenvalue weighted by Crippen LogP contribution is -2.34. The first-order valence-electron chi connectivity index (χ1n) is 8.23. The molecule has 1 saturated heterocycles. The van der Waals surface area contributed by atoms with Crippen molar-refractivity contribution in [2.24, 2.45) is 23.7 Å². The molecular weight excluding hydrogens is 349 g/mol. The van der Waals surface area contributed by atoms with Gasteiger partial charge < -0.3 is 5.32 Å². The van der Waals surface area contributed by atoms with Gasteiger partial charge in [0, 0.05) is 6.92 Å². The van der Waals surface area contributed by atoms with Crippen LogP contribution in [0.4, 0.5) is 24.5 Å². The van der Waals surface area contributed by atoms with E-state index >= 15 is 0 Å². The number of imide groups is 1. The summed E-state index contributed by atoms with van der Waals surface area (Å²) in [6.45, 7) is 1.20. The molecule has 26 heavy (non-hydrogen) atoms. The first-order valence-corrected chi connectivity index (χ1v) is 8.23. The molecule has 2 bridgehead atoms. The van der Waals surface area contributed by atoms with E-state index in [9.17, 15) is 27.6 Å². The molecule has 0 spiro atoms. The van der Waals surface area contributed by atoms with Crippen molar-refractivity contribution in [1.29, 1.82) is 0 Å². The van der Waals surface area contributed by atoms with E-state index in [0.717, 1.165) is 29.5 Å². The van der Waals surface area contributed by atoms with Gasteiger partial charge >= 0.3 is 6.18 Å². The summed E-state index contributed by atoms with van der Waals surface area (Å²) in [6, 6.07) is 2.63. The molecule has 5 nitrogen and oxygen atoms in total. The molecule has 0 unspecified atom stereocenters. The fraction of sp³-hybridized carbons (Fsp3) is 0.389. The number of nitrogens with one attached hydrogen (secondary N) is 1. The van der Waals surface area contributed by atoms with Crippen LogP contribution in [-0.4, -0.2) is 17.7 Å². The Balaban J connectivity index is 1.80. The van der Waals surface area contributed by atoms with E-state index in [2.05, 4.69) is 5.32 Å². The second-order valence-electron chi connectivity index (χ2n) is 6.92. The molecule has 3 amide bonds. The highest BCUT2D eigenvalue weighted by molar-refractivity contribution is 6.24. The Morgan fingerprint density at radius 2 is 1.69 bits per heavy atom. The number of rotatable bonds is 2. The zero-order chi connectivity index (χ0) is 18.8. The largest absolute Gasteiger partial charge is 0.416 e. The molecule has 0 radical (unpaired) electrons. The summed E-state index contributed by atoms with van der Waals surface area (Å²) in [5.74, 6) is -2.67. The maximum absolute atomic E-state index is 13.1. The molecule has 4 atom stereocenters. The van der Waals surface area contributed by atoms with E-state index < -0.39 is 41.3 Å². The van der Waals surface area contributed by atoms with E-state index in [1.54, 1.807) is 0 Å². The van der Waals surface area contributed by atoms with E-state index in [-0.39, 0.29) is 23.2 Å². The third kappa shape index (κ3) is 2.35. The number of alkyl halides is 3. The predicted molar refractivity (Wildman–Crippen MR) is 86.0 cm³/mol. The predicted octanol–water partition coefficient (Wildman–Crippen LogP) is 2.98. The Kier molecular flexibility index (Phi) is 3.51. The number of amides is 3. The number of hydrogen-bond donors (Lipinski definition) is 1. The average Bonchev–Trinajstić information content (AvgIpc) is 3.21. The number of nitrogens with zero attached hydrogens (tertiary/aromatic N) is 1. The van der Waals surface area contributed by atoms with Crippen LogP contribution >= 0.6 is 0 Å². The van der Waals surface area contributed by atoms with Crippen molar-refractivity contribution < 1.29 is 27.6 Å². The van der Waals surface area contributed by atoms with Crippen LogP contribution in [0.3, 0.4) is 0 Å². The number of carbonyl (C=O) groups excluding carboxylic acids is 3. The second-order valence-corrected chi connectivity index (χ2v) is 6.92. The molecule has 1 aromatic rings. The summed E-state index contributed by atoms with van der Waals surface area (Å²) < 4.78 is 39.4.